The Hall–Kier alpha value is -0.870. The van der Waals surface area contributed by atoms with Crippen LogP contribution >= 0.6 is 11.8 Å². The van der Waals surface area contributed by atoms with Crippen molar-refractivity contribution in [2.24, 2.45) is 0 Å². The third-order valence-electron chi connectivity index (χ3n) is 1.68. The van der Waals surface area contributed by atoms with Crippen LogP contribution in [-0.4, -0.2) is 11.4 Å². The van der Waals surface area contributed by atoms with E-state index in [1.54, 1.807) is 17.8 Å². The van der Waals surface area contributed by atoms with Gasteiger partial charge in [-0.25, -0.2) is 0 Å². The van der Waals surface area contributed by atoms with Crippen molar-refractivity contribution in [1.29, 1.82) is 0 Å². The molecule has 0 aliphatic heterocycles. The van der Waals surface area contributed by atoms with E-state index in [4.69, 9.17) is 16.6 Å². The standard InChI is InChI=1S/C8H12N2OS/c1-12-6-2-5(4-11)8(10)7(9)3-6/h2-3,11H,4,9-10H2,1H3. The van der Waals surface area contributed by atoms with Crippen molar-refractivity contribution in [3.63, 3.8) is 0 Å². The minimum absolute atomic E-state index is 0.0650. The van der Waals surface area contributed by atoms with E-state index in [1.807, 2.05) is 12.3 Å². The molecular formula is C8H12N2OS. The molecule has 1 aromatic carbocycles. The zero-order valence-electron chi connectivity index (χ0n) is 6.87. The Kier molecular flexibility index (Phi) is 2.83. The van der Waals surface area contributed by atoms with Gasteiger partial charge in [-0.3, -0.25) is 0 Å². The molecule has 0 aliphatic rings. The van der Waals surface area contributed by atoms with Crippen molar-refractivity contribution < 1.29 is 5.11 Å². The van der Waals surface area contributed by atoms with E-state index < -0.39 is 0 Å². The molecule has 1 aromatic rings. The van der Waals surface area contributed by atoms with Gasteiger partial charge in [-0.15, -0.1) is 11.8 Å². The van der Waals surface area contributed by atoms with Gasteiger partial charge in [0.25, 0.3) is 0 Å². The monoisotopic (exact) mass is 184 g/mol. The third-order valence-corrected chi connectivity index (χ3v) is 2.38. The third kappa shape index (κ3) is 1.65. The molecule has 0 saturated carbocycles. The highest BCUT2D eigenvalue weighted by atomic mass is 32.2. The van der Waals surface area contributed by atoms with E-state index in [0.29, 0.717) is 16.9 Å². The van der Waals surface area contributed by atoms with Crippen LogP contribution in [0, 0.1) is 0 Å². The Morgan fingerprint density at radius 1 is 1.42 bits per heavy atom. The number of aliphatic hydroxyl groups is 1. The van der Waals surface area contributed by atoms with Crippen LogP contribution in [0.2, 0.25) is 0 Å². The summed E-state index contributed by atoms with van der Waals surface area (Å²) in [5, 5.41) is 8.92. The molecule has 0 bridgehead atoms. The fourth-order valence-corrected chi connectivity index (χ4v) is 1.46. The number of rotatable bonds is 2. The SMILES string of the molecule is CSc1cc(N)c(N)c(CO)c1. The summed E-state index contributed by atoms with van der Waals surface area (Å²) >= 11 is 1.57. The summed E-state index contributed by atoms with van der Waals surface area (Å²) in [5.41, 5.74) is 13.0. The van der Waals surface area contributed by atoms with Crippen molar-refractivity contribution in [3.8, 4) is 0 Å². The van der Waals surface area contributed by atoms with Crippen LogP contribution in [0.25, 0.3) is 0 Å². The lowest BCUT2D eigenvalue weighted by molar-refractivity contribution is 0.282. The summed E-state index contributed by atoms with van der Waals surface area (Å²) in [7, 11) is 0. The molecule has 0 heterocycles. The second-order valence-electron chi connectivity index (χ2n) is 2.45. The number of benzene rings is 1. The molecule has 0 atom stereocenters. The first kappa shape index (κ1) is 9.22. The normalized spacial score (nSPS) is 10.2. The lowest BCUT2D eigenvalue weighted by Gasteiger charge is -2.07. The summed E-state index contributed by atoms with van der Waals surface area (Å²) in [6.07, 6.45) is 1.95. The molecule has 0 fully saturated rings. The summed E-state index contributed by atoms with van der Waals surface area (Å²) in [5.74, 6) is 0. The van der Waals surface area contributed by atoms with Crippen LogP contribution in [0.4, 0.5) is 11.4 Å². The van der Waals surface area contributed by atoms with Crippen molar-refractivity contribution in [3.05, 3.63) is 17.7 Å². The van der Waals surface area contributed by atoms with E-state index in [2.05, 4.69) is 0 Å². The number of hydrogen-bond acceptors (Lipinski definition) is 4. The van der Waals surface area contributed by atoms with Gasteiger partial charge in [0, 0.05) is 10.5 Å². The maximum Gasteiger partial charge on any atom is 0.0703 e. The van der Waals surface area contributed by atoms with Gasteiger partial charge in [0.1, 0.15) is 0 Å². The zero-order chi connectivity index (χ0) is 9.14. The first-order valence-electron chi connectivity index (χ1n) is 3.51. The Morgan fingerprint density at radius 3 is 2.58 bits per heavy atom. The van der Waals surface area contributed by atoms with E-state index in [9.17, 15) is 0 Å². The quantitative estimate of drug-likeness (QED) is 0.475. The molecule has 5 N–H and O–H groups in total. The van der Waals surface area contributed by atoms with E-state index >= 15 is 0 Å². The topological polar surface area (TPSA) is 72.3 Å². The first-order valence-corrected chi connectivity index (χ1v) is 4.74. The first-order chi connectivity index (χ1) is 5.69. The molecule has 0 saturated heterocycles. The lowest BCUT2D eigenvalue weighted by Crippen LogP contribution is -2.00. The maximum absolute atomic E-state index is 8.92. The zero-order valence-corrected chi connectivity index (χ0v) is 7.69. The van der Waals surface area contributed by atoms with Gasteiger partial charge < -0.3 is 16.6 Å². The van der Waals surface area contributed by atoms with Gasteiger partial charge in [0.15, 0.2) is 0 Å². The number of nitrogen functional groups attached to an aromatic ring is 2. The van der Waals surface area contributed by atoms with Crippen LogP contribution in [0.5, 0.6) is 0 Å². The van der Waals surface area contributed by atoms with Crippen molar-refractivity contribution in [2.75, 3.05) is 17.7 Å². The Balaban J connectivity index is 3.19. The number of aliphatic hydroxyl groups excluding tert-OH is 1. The number of hydrogen-bond donors (Lipinski definition) is 3. The van der Waals surface area contributed by atoms with Gasteiger partial charge in [-0.2, -0.15) is 0 Å². The minimum Gasteiger partial charge on any atom is -0.397 e. The molecule has 12 heavy (non-hydrogen) atoms. The van der Waals surface area contributed by atoms with Crippen molar-refractivity contribution >= 4 is 23.1 Å². The van der Waals surface area contributed by atoms with Crippen LogP contribution in [0.3, 0.4) is 0 Å². The highest BCUT2D eigenvalue weighted by molar-refractivity contribution is 7.98. The van der Waals surface area contributed by atoms with E-state index in [0.717, 1.165) is 4.90 Å². The summed E-state index contributed by atoms with van der Waals surface area (Å²) in [6, 6.07) is 3.65. The predicted molar refractivity (Wildman–Crippen MR) is 53.0 cm³/mol. The molecular weight excluding hydrogens is 172 g/mol. The lowest BCUT2D eigenvalue weighted by atomic mass is 10.1. The van der Waals surface area contributed by atoms with Crippen LogP contribution in [0.1, 0.15) is 5.56 Å². The molecule has 0 aromatic heterocycles. The number of thioether (sulfide) groups is 1. The van der Waals surface area contributed by atoms with E-state index in [1.165, 1.54) is 0 Å². The molecule has 1 rings (SSSR count). The largest absolute Gasteiger partial charge is 0.397 e. The molecule has 66 valence electrons. The van der Waals surface area contributed by atoms with Gasteiger partial charge >= 0.3 is 0 Å². The number of anilines is 2. The van der Waals surface area contributed by atoms with Crippen LogP contribution in [-0.2, 0) is 6.61 Å². The van der Waals surface area contributed by atoms with Gasteiger partial charge in [-0.1, -0.05) is 0 Å². The van der Waals surface area contributed by atoms with Crippen molar-refractivity contribution in [2.45, 2.75) is 11.5 Å². The predicted octanol–water partition coefficient (Wildman–Crippen LogP) is 1.07. The van der Waals surface area contributed by atoms with E-state index in [-0.39, 0.29) is 6.61 Å². The second kappa shape index (κ2) is 3.69. The van der Waals surface area contributed by atoms with Crippen LogP contribution < -0.4 is 11.5 Å². The summed E-state index contributed by atoms with van der Waals surface area (Å²) in [6.45, 7) is -0.0650. The van der Waals surface area contributed by atoms with Crippen molar-refractivity contribution in [1.82, 2.24) is 0 Å². The molecule has 0 amide bonds. The van der Waals surface area contributed by atoms with Crippen LogP contribution in [0.15, 0.2) is 17.0 Å². The van der Waals surface area contributed by atoms with Gasteiger partial charge in [0.2, 0.25) is 0 Å². The Morgan fingerprint density at radius 2 is 2.08 bits per heavy atom. The molecule has 0 unspecified atom stereocenters. The molecule has 3 nitrogen and oxygen atoms in total. The average molecular weight is 184 g/mol. The smallest absolute Gasteiger partial charge is 0.0703 e. The fourth-order valence-electron chi connectivity index (χ4n) is 0.956. The van der Waals surface area contributed by atoms with Gasteiger partial charge in [0.05, 0.1) is 18.0 Å². The average Bonchev–Trinajstić information content (AvgIpc) is 2.09. The molecule has 0 radical (unpaired) electrons. The molecule has 4 heteroatoms. The summed E-state index contributed by atoms with van der Waals surface area (Å²) in [4.78, 5) is 1.02. The fraction of sp³-hybridized carbons (Fsp3) is 0.250. The highest BCUT2D eigenvalue weighted by Crippen LogP contribution is 2.27. The summed E-state index contributed by atoms with van der Waals surface area (Å²) < 4.78 is 0. The Bertz CT molecular complexity index is 289. The second-order valence-corrected chi connectivity index (χ2v) is 3.33. The maximum atomic E-state index is 8.92. The highest BCUT2D eigenvalue weighted by Gasteiger charge is 2.03. The minimum atomic E-state index is -0.0650. The Labute approximate surface area is 75.8 Å². The number of nitrogens with two attached hydrogens (primary N) is 2. The molecule has 0 aliphatic carbocycles. The van der Waals surface area contributed by atoms with Gasteiger partial charge in [-0.05, 0) is 18.4 Å². The molecule has 0 spiro atoms.